The first-order chi connectivity index (χ1) is 4.63. The molecule has 2 saturated carbocycles. The maximum atomic E-state index is 5.83. The summed E-state index contributed by atoms with van der Waals surface area (Å²) in [5, 5.41) is 0. The average Bonchev–Trinajstić information content (AvgIpc) is 2.36. The van der Waals surface area contributed by atoms with E-state index in [9.17, 15) is 0 Å². The molecule has 0 N–H and O–H groups in total. The molecule has 0 nitrogen and oxygen atoms in total. The second-order valence-electron chi connectivity index (χ2n) is 4.00. The summed E-state index contributed by atoms with van der Waals surface area (Å²) in [7, 11) is 0. The predicted octanol–water partition coefficient (Wildman–Crippen LogP) is 3.23. The largest absolute Gasteiger partial charge is 0.110 e. The predicted molar refractivity (Wildman–Crippen MR) is 44.4 cm³/mol. The summed E-state index contributed by atoms with van der Waals surface area (Å²) >= 11 is 11.7. The highest BCUT2D eigenvalue weighted by Crippen LogP contribution is 2.67. The van der Waals surface area contributed by atoms with E-state index in [1.54, 1.807) is 0 Å². The molecule has 0 saturated heterocycles. The van der Waals surface area contributed by atoms with Gasteiger partial charge in [0, 0.05) is 0 Å². The summed E-state index contributed by atoms with van der Waals surface area (Å²) in [6.45, 7) is 2.35. The lowest BCUT2D eigenvalue weighted by Gasteiger charge is -2.10. The zero-order chi connectivity index (χ0) is 7.35. The van der Waals surface area contributed by atoms with Crippen LogP contribution in [0.25, 0.3) is 0 Å². The van der Waals surface area contributed by atoms with Crippen LogP contribution in [0.2, 0.25) is 0 Å². The quantitative estimate of drug-likeness (QED) is 0.542. The minimum absolute atomic E-state index is 0.116. The Balaban J connectivity index is 2.04. The van der Waals surface area contributed by atoms with Gasteiger partial charge in [-0.1, -0.05) is 6.92 Å². The topological polar surface area (TPSA) is 0 Å². The van der Waals surface area contributed by atoms with Crippen LogP contribution in [0.1, 0.15) is 26.2 Å². The summed E-state index contributed by atoms with van der Waals surface area (Å²) in [6.07, 6.45) is 3.96. The Hall–Kier alpha value is 0.580. The number of fused-ring (bicyclic) bond motifs is 1. The maximum Gasteiger partial charge on any atom is 0.110 e. The van der Waals surface area contributed by atoms with Gasteiger partial charge in [0.1, 0.15) is 4.84 Å². The molecule has 0 bridgehead atoms. The van der Waals surface area contributed by atoms with E-state index in [2.05, 4.69) is 6.92 Å². The normalized spacial score (nSPS) is 51.6. The van der Waals surface area contributed by atoms with Crippen molar-refractivity contribution in [2.45, 2.75) is 31.0 Å². The first-order valence-electron chi connectivity index (χ1n) is 3.92. The van der Waals surface area contributed by atoms with Crippen LogP contribution in [0.4, 0.5) is 0 Å². The number of rotatable bonds is 1. The summed E-state index contributed by atoms with van der Waals surface area (Å²) in [4.78, 5) is -0.116. The van der Waals surface area contributed by atoms with Crippen molar-refractivity contribution >= 4 is 23.2 Å². The van der Waals surface area contributed by atoms with Crippen LogP contribution in [0.5, 0.6) is 0 Å². The van der Waals surface area contributed by atoms with Gasteiger partial charge in [0.15, 0.2) is 0 Å². The monoisotopic (exact) mass is 178 g/mol. The number of hydrogen-bond acceptors (Lipinski definition) is 0. The lowest BCUT2D eigenvalue weighted by molar-refractivity contribution is 0.513. The van der Waals surface area contributed by atoms with Gasteiger partial charge in [-0.05, 0) is 36.5 Å². The van der Waals surface area contributed by atoms with Crippen LogP contribution >= 0.6 is 23.2 Å². The molecule has 2 aliphatic rings. The third-order valence-electron chi connectivity index (χ3n) is 3.31. The maximum absolute atomic E-state index is 5.83. The van der Waals surface area contributed by atoms with E-state index in [4.69, 9.17) is 23.2 Å². The molecule has 0 amide bonds. The van der Waals surface area contributed by atoms with Gasteiger partial charge in [-0.2, -0.15) is 0 Å². The van der Waals surface area contributed by atoms with Crippen LogP contribution in [-0.2, 0) is 0 Å². The highest BCUT2D eigenvalue weighted by Gasteiger charge is 2.59. The van der Waals surface area contributed by atoms with E-state index in [1.165, 1.54) is 19.3 Å². The van der Waals surface area contributed by atoms with Crippen molar-refractivity contribution in [2.24, 2.45) is 17.3 Å². The van der Waals surface area contributed by atoms with Crippen molar-refractivity contribution in [3.05, 3.63) is 0 Å². The Morgan fingerprint density at radius 1 is 1.50 bits per heavy atom. The SMILES string of the molecule is C[C@]12CC[C@@H](C(Cl)Cl)[C@H]1C2. The molecule has 58 valence electrons. The van der Waals surface area contributed by atoms with Gasteiger partial charge in [-0.25, -0.2) is 0 Å². The molecule has 0 aromatic rings. The second kappa shape index (κ2) is 2.04. The van der Waals surface area contributed by atoms with Crippen LogP contribution in [0.3, 0.4) is 0 Å². The fraction of sp³-hybridized carbons (Fsp3) is 1.00. The molecule has 0 aromatic heterocycles. The zero-order valence-electron chi connectivity index (χ0n) is 6.11. The molecule has 2 heteroatoms. The molecule has 0 spiro atoms. The van der Waals surface area contributed by atoms with E-state index in [1.807, 2.05) is 0 Å². The molecular weight excluding hydrogens is 167 g/mol. The molecule has 2 fully saturated rings. The number of alkyl halides is 2. The smallest absolute Gasteiger partial charge is 0.105 e. The third-order valence-corrected chi connectivity index (χ3v) is 3.96. The zero-order valence-corrected chi connectivity index (χ0v) is 7.62. The van der Waals surface area contributed by atoms with Crippen LogP contribution in [-0.4, -0.2) is 4.84 Å². The lowest BCUT2D eigenvalue weighted by atomic mass is 10.1. The molecule has 0 unspecified atom stereocenters. The standard InChI is InChI=1S/C8H12Cl2/c1-8-3-2-5(7(9)10)6(8)4-8/h5-7H,2-4H2,1H3/t5-,6-,8-/m1/s1. The fourth-order valence-corrected chi connectivity index (χ4v) is 3.00. The van der Waals surface area contributed by atoms with Gasteiger partial charge in [-0.3, -0.25) is 0 Å². The fourth-order valence-electron chi connectivity index (χ4n) is 2.40. The molecular formula is C8H12Cl2. The molecule has 10 heavy (non-hydrogen) atoms. The molecule has 0 aliphatic heterocycles. The molecule has 0 radical (unpaired) electrons. The average molecular weight is 179 g/mol. The number of halogens is 2. The number of hydrogen-bond donors (Lipinski definition) is 0. The van der Waals surface area contributed by atoms with E-state index in [0.29, 0.717) is 11.3 Å². The van der Waals surface area contributed by atoms with Crippen LogP contribution in [0.15, 0.2) is 0 Å². The van der Waals surface area contributed by atoms with Gasteiger partial charge >= 0.3 is 0 Å². The van der Waals surface area contributed by atoms with Crippen molar-refractivity contribution in [3.63, 3.8) is 0 Å². The molecule has 0 aromatic carbocycles. The minimum atomic E-state index is -0.116. The highest BCUT2D eigenvalue weighted by molar-refractivity contribution is 6.44. The molecule has 3 atom stereocenters. The summed E-state index contributed by atoms with van der Waals surface area (Å²) in [5.74, 6) is 1.46. The minimum Gasteiger partial charge on any atom is -0.105 e. The van der Waals surface area contributed by atoms with Crippen molar-refractivity contribution in [1.29, 1.82) is 0 Å². The Kier molecular flexibility index (Phi) is 1.48. The second-order valence-corrected chi connectivity index (χ2v) is 5.17. The first-order valence-corrected chi connectivity index (χ1v) is 4.79. The van der Waals surface area contributed by atoms with Gasteiger partial charge < -0.3 is 0 Å². The van der Waals surface area contributed by atoms with Gasteiger partial charge in [0.05, 0.1) is 0 Å². The summed E-state index contributed by atoms with van der Waals surface area (Å²) in [6, 6.07) is 0. The summed E-state index contributed by atoms with van der Waals surface area (Å²) in [5.41, 5.74) is 0.646. The van der Waals surface area contributed by atoms with Gasteiger partial charge in [-0.15, -0.1) is 23.2 Å². The van der Waals surface area contributed by atoms with Crippen LogP contribution < -0.4 is 0 Å². The van der Waals surface area contributed by atoms with E-state index >= 15 is 0 Å². The van der Waals surface area contributed by atoms with E-state index in [0.717, 1.165) is 5.92 Å². The lowest BCUT2D eigenvalue weighted by Crippen LogP contribution is -2.07. The molecule has 2 aliphatic carbocycles. The van der Waals surface area contributed by atoms with Crippen molar-refractivity contribution < 1.29 is 0 Å². The van der Waals surface area contributed by atoms with Gasteiger partial charge in [0.25, 0.3) is 0 Å². The van der Waals surface area contributed by atoms with Crippen molar-refractivity contribution in [3.8, 4) is 0 Å². The Morgan fingerprint density at radius 3 is 2.40 bits per heavy atom. The Morgan fingerprint density at radius 2 is 2.20 bits per heavy atom. The Labute approximate surface area is 71.9 Å². The van der Waals surface area contributed by atoms with Crippen LogP contribution in [0, 0.1) is 17.3 Å². The van der Waals surface area contributed by atoms with Crippen molar-refractivity contribution in [2.75, 3.05) is 0 Å². The highest BCUT2D eigenvalue weighted by atomic mass is 35.5. The summed E-state index contributed by atoms with van der Waals surface area (Å²) < 4.78 is 0. The Bertz CT molecular complexity index is 155. The first kappa shape index (κ1) is 7.24. The van der Waals surface area contributed by atoms with Gasteiger partial charge in [0.2, 0.25) is 0 Å². The molecule has 0 heterocycles. The van der Waals surface area contributed by atoms with Crippen molar-refractivity contribution in [1.82, 2.24) is 0 Å². The van der Waals surface area contributed by atoms with E-state index in [-0.39, 0.29) is 4.84 Å². The van der Waals surface area contributed by atoms with E-state index < -0.39 is 0 Å². The third kappa shape index (κ3) is 0.887. The molecule has 2 rings (SSSR count).